The van der Waals surface area contributed by atoms with Gasteiger partial charge in [0.2, 0.25) is 0 Å². The molecule has 0 unspecified atom stereocenters. The normalized spacial score (nSPS) is 17.4. The molecule has 1 aliphatic rings. The zero-order valence-electron chi connectivity index (χ0n) is 10.4. The molecule has 1 saturated heterocycles. The largest absolute Gasteiger partial charge is 0.379 e. The molecule has 2 aromatic rings. The van der Waals surface area contributed by atoms with E-state index in [2.05, 4.69) is 55.5 Å². The molecule has 0 saturated carbocycles. The number of morpholine rings is 1. The summed E-state index contributed by atoms with van der Waals surface area (Å²) in [5, 5.41) is 0. The zero-order valence-corrected chi connectivity index (χ0v) is 12.0. The van der Waals surface area contributed by atoms with Crippen molar-refractivity contribution < 1.29 is 4.74 Å². The Balaban J connectivity index is 1.91. The van der Waals surface area contributed by atoms with E-state index in [-0.39, 0.29) is 0 Å². The van der Waals surface area contributed by atoms with E-state index >= 15 is 0 Å². The maximum absolute atomic E-state index is 5.37. The van der Waals surface area contributed by atoms with Crippen LogP contribution in [0.4, 0.5) is 0 Å². The van der Waals surface area contributed by atoms with E-state index in [0.717, 1.165) is 48.8 Å². The summed E-state index contributed by atoms with van der Waals surface area (Å²) in [6.45, 7) is 6.59. The molecule has 1 aliphatic heterocycles. The van der Waals surface area contributed by atoms with Gasteiger partial charge in [-0.2, -0.15) is 0 Å². The monoisotopic (exact) mass is 309 g/mol. The van der Waals surface area contributed by atoms with Gasteiger partial charge in [0, 0.05) is 19.3 Å². The Labute approximate surface area is 115 Å². The van der Waals surface area contributed by atoms with E-state index in [1.54, 1.807) is 0 Å². The molecule has 0 spiro atoms. The van der Waals surface area contributed by atoms with Crippen LogP contribution in [0, 0.1) is 6.92 Å². The highest BCUT2D eigenvalue weighted by molar-refractivity contribution is 9.10. The molecule has 5 heteroatoms. The molecular weight excluding hydrogens is 294 g/mol. The summed E-state index contributed by atoms with van der Waals surface area (Å²) >= 11 is 3.54. The van der Waals surface area contributed by atoms with Crippen LogP contribution in [0.2, 0.25) is 0 Å². The van der Waals surface area contributed by atoms with Gasteiger partial charge in [0.25, 0.3) is 0 Å². The van der Waals surface area contributed by atoms with Crippen LogP contribution in [0.1, 0.15) is 11.4 Å². The average molecular weight is 310 g/mol. The SMILES string of the molecule is Cc1ccn2c(CN3CCOCC3)nc(Br)c2c1. The lowest BCUT2D eigenvalue weighted by Gasteiger charge is -2.25. The highest BCUT2D eigenvalue weighted by Gasteiger charge is 2.15. The minimum absolute atomic E-state index is 0.823. The number of nitrogens with zero attached hydrogens (tertiary/aromatic N) is 3. The molecule has 0 N–H and O–H groups in total. The second-order valence-corrected chi connectivity index (χ2v) is 5.42. The molecule has 0 bridgehead atoms. The number of aryl methyl sites for hydroxylation is 1. The molecule has 3 heterocycles. The number of halogens is 1. The van der Waals surface area contributed by atoms with Gasteiger partial charge in [-0.05, 0) is 40.5 Å². The van der Waals surface area contributed by atoms with Crippen LogP contribution in [0.3, 0.4) is 0 Å². The van der Waals surface area contributed by atoms with E-state index in [0.29, 0.717) is 0 Å². The molecule has 96 valence electrons. The lowest BCUT2D eigenvalue weighted by molar-refractivity contribution is 0.0330. The first-order chi connectivity index (χ1) is 8.74. The molecule has 2 aromatic heterocycles. The molecule has 4 nitrogen and oxygen atoms in total. The number of hydrogen-bond acceptors (Lipinski definition) is 3. The first-order valence-electron chi connectivity index (χ1n) is 6.17. The number of aromatic nitrogens is 2. The Morgan fingerprint density at radius 2 is 2.17 bits per heavy atom. The summed E-state index contributed by atoms with van der Waals surface area (Å²) in [6.07, 6.45) is 2.10. The minimum Gasteiger partial charge on any atom is -0.379 e. The van der Waals surface area contributed by atoms with Gasteiger partial charge in [0.15, 0.2) is 0 Å². The summed E-state index contributed by atoms with van der Waals surface area (Å²) < 4.78 is 8.45. The van der Waals surface area contributed by atoms with Gasteiger partial charge in [-0.3, -0.25) is 4.90 Å². The smallest absolute Gasteiger partial charge is 0.132 e. The molecule has 0 aliphatic carbocycles. The third kappa shape index (κ3) is 2.30. The number of ether oxygens (including phenoxy) is 1. The van der Waals surface area contributed by atoms with Crippen molar-refractivity contribution in [3.8, 4) is 0 Å². The predicted octanol–water partition coefficient (Wildman–Crippen LogP) is 2.24. The van der Waals surface area contributed by atoms with E-state index in [1.807, 2.05) is 0 Å². The second kappa shape index (κ2) is 4.99. The van der Waals surface area contributed by atoms with Crippen molar-refractivity contribution in [3.05, 3.63) is 34.3 Å². The number of imidazole rings is 1. The van der Waals surface area contributed by atoms with E-state index < -0.39 is 0 Å². The quantitative estimate of drug-likeness (QED) is 0.852. The van der Waals surface area contributed by atoms with Gasteiger partial charge in [0.1, 0.15) is 10.4 Å². The van der Waals surface area contributed by atoms with Crippen LogP contribution in [0.5, 0.6) is 0 Å². The fourth-order valence-electron chi connectivity index (χ4n) is 2.28. The third-order valence-electron chi connectivity index (χ3n) is 3.30. The molecule has 0 atom stereocenters. The van der Waals surface area contributed by atoms with Crippen LogP contribution < -0.4 is 0 Å². The molecule has 0 aromatic carbocycles. The van der Waals surface area contributed by atoms with Gasteiger partial charge in [0.05, 0.1) is 25.3 Å². The lowest BCUT2D eigenvalue weighted by Crippen LogP contribution is -2.36. The Bertz CT molecular complexity index is 561. The van der Waals surface area contributed by atoms with Crippen molar-refractivity contribution >= 4 is 21.4 Å². The van der Waals surface area contributed by atoms with Crippen LogP contribution in [-0.2, 0) is 11.3 Å². The first-order valence-corrected chi connectivity index (χ1v) is 6.96. The molecule has 18 heavy (non-hydrogen) atoms. The van der Waals surface area contributed by atoms with Crippen molar-refractivity contribution in [3.63, 3.8) is 0 Å². The van der Waals surface area contributed by atoms with Crippen molar-refractivity contribution in [2.24, 2.45) is 0 Å². The summed E-state index contributed by atoms with van der Waals surface area (Å²) in [6, 6.07) is 4.27. The van der Waals surface area contributed by atoms with Crippen molar-refractivity contribution in [2.75, 3.05) is 26.3 Å². The Kier molecular flexibility index (Phi) is 3.37. The molecule has 0 amide bonds. The highest BCUT2D eigenvalue weighted by Crippen LogP contribution is 2.21. The number of fused-ring (bicyclic) bond motifs is 1. The van der Waals surface area contributed by atoms with Gasteiger partial charge < -0.3 is 9.14 Å². The molecule has 1 fully saturated rings. The van der Waals surface area contributed by atoms with Gasteiger partial charge >= 0.3 is 0 Å². The number of hydrogen-bond donors (Lipinski definition) is 0. The van der Waals surface area contributed by atoms with Crippen molar-refractivity contribution in [1.29, 1.82) is 0 Å². The molecule has 0 radical (unpaired) electrons. The van der Waals surface area contributed by atoms with Crippen LogP contribution in [-0.4, -0.2) is 40.6 Å². The number of pyridine rings is 1. The average Bonchev–Trinajstić information content (AvgIpc) is 2.67. The lowest BCUT2D eigenvalue weighted by atomic mass is 10.3. The molecule has 3 rings (SSSR count). The van der Waals surface area contributed by atoms with E-state index in [4.69, 9.17) is 4.74 Å². The van der Waals surface area contributed by atoms with Gasteiger partial charge in [-0.25, -0.2) is 4.98 Å². The molecular formula is C13H16BrN3O. The fourth-order valence-corrected chi connectivity index (χ4v) is 2.80. The van der Waals surface area contributed by atoms with Crippen LogP contribution in [0.15, 0.2) is 22.9 Å². The minimum atomic E-state index is 0.823. The first kappa shape index (κ1) is 12.1. The predicted molar refractivity (Wildman–Crippen MR) is 73.7 cm³/mol. The standard InChI is InChI=1S/C13H16BrN3O/c1-10-2-3-17-11(8-10)13(14)15-12(17)9-16-4-6-18-7-5-16/h2-3,8H,4-7,9H2,1H3. The van der Waals surface area contributed by atoms with Crippen LogP contribution >= 0.6 is 15.9 Å². The van der Waals surface area contributed by atoms with Crippen molar-refractivity contribution in [1.82, 2.24) is 14.3 Å². The second-order valence-electron chi connectivity index (χ2n) is 4.67. The maximum Gasteiger partial charge on any atom is 0.132 e. The Morgan fingerprint density at radius 3 is 2.94 bits per heavy atom. The summed E-state index contributed by atoms with van der Waals surface area (Å²) in [7, 11) is 0. The zero-order chi connectivity index (χ0) is 12.5. The summed E-state index contributed by atoms with van der Waals surface area (Å²) in [4.78, 5) is 7.00. The van der Waals surface area contributed by atoms with Crippen molar-refractivity contribution in [2.45, 2.75) is 13.5 Å². The van der Waals surface area contributed by atoms with Gasteiger partial charge in [-0.15, -0.1) is 0 Å². The van der Waals surface area contributed by atoms with Gasteiger partial charge in [-0.1, -0.05) is 0 Å². The third-order valence-corrected chi connectivity index (χ3v) is 3.88. The summed E-state index contributed by atoms with van der Waals surface area (Å²) in [5.41, 5.74) is 2.39. The Hall–Kier alpha value is -0.910. The van der Waals surface area contributed by atoms with E-state index in [1.165, 1.54) is 5.56 Å². The topological polar surface area (TPSA) is 29.8 Å². The maximum atomic E-state index is 5.37. The fraction of sp³-hybridized carbons (Fsp3) is 0.462. The van der Waals surface area contributed by atoms with Crippen LogP contribution in [0.25, 0.3) is 5.52 Å². The summed E-state index contributed by atoms with van der Waals surface area (Å²) in [5.74, 6) is 1.08. The highest BCUT2D eigenvalue weighted by atomic mass is 79.9. The Morgan fingerprint density at radius 1 is 1.39 bits per heavy atom. The van der Waals surface area contributed by atoms with E-state index in [9.17, 15) is 0 Å². The number of rotatable bonds is 2.